The summed E-state index contributed by atoms with van der Waals surface area (Å²) in [7, 11) is 0. The molecular weight excluding hydrogens is 354 g/mol. The Labute approximate surface area is 163 Å². The maximum absolute atomic E-state index is 12.5. The summed E-state index contributed by atoms with van der Waals surface area (Å²) < 4.78 is 16.9. The van der Waals surface area contributed by atoms with E-state index in [4.69, 9.17) is 14.2 Å². The molecule has 142 valence electrons. The molecule has 0 radical (unpaired) electrons. The van der Waals surface area contributed by atoms with E-state index < -0.39 is 0 Å². The average molecular weight is 375 g/mol. The van der Waals surface area contributed by atoms with E-state index in [1.807, 2.05) is 60.7 Å². The molecule has 1 N–H and O–H groups in total. The number of hydrogen-bond acceptors (Lipinski definition) is 4. The molecule has 28 heavy (non-hydrogen) atoms. The molecule has 4 rings (SSSR count). The Morgan fingerprint density at radius 2 is 1.64 bits per heavy atom. The Morgan fingerprint density at radius 1 is 0.857 bits per heavy atom. The van der Waals surface area contributed by atoms with Gasteiger partial charge < -0.3 is 19.5 Å². The first-order valence-electron chi connectivity index (χ1n) is 9.28. The summed E-state index contributed by atoms with van der Waals surface area (Å²) in [5.74, 6) is 2.77. The van der Waals surface area contributed by atoms with Crippen LogP contribution in [0.1, 0.15) is 15.9 Å². The van der Waals surface area contributed by atoms with Gasteiger partial charge >= 0.3 is 0 Å². The number of hydrogen-bond donors (Lipinski definition) is 1. The van der Waals surface area contributed by atoms with Crippen LogP contribution in [0.3, 0.4) is 0 Å². The van der Waals surface area contributed by atoms with Gasteiger partial charge in [-0.3, -0.25) is 4.79 Å². The summed E-state index contributed by atoms with van der Waals surface area (Å²) in [5, 5.41) is 2.95. The minimum atomic E-state index is -0.129. The van der Waals surface area contributed by atoms with Gasteiger partial charge in [0.05, 0.1) is 0 Å². The molecule has 1 heterocycles. The van der Waals surface area contributed by atoms with Crippen LogP contribution < -0.4 is 19.5 Å². The third kappa shape index (κ3) is 4.43. The standard InChI is InChI=1S/C23H21NO4/c25-23(18-5-4-8-20(16-18)28-19-6-2-1-3-7-19)24-12-11-17-9-10-21-22(15-17)27-14-13-26-21/h1-10,15-16H,11-14H2,(H,24,25). The Balaban J connectivity index is 1.33. The summed E-state index contributed by atoms with van der Waals surface area (Å²) >= 11 is 0. The zero-order valence-electron chi connectivity index (χ0n) is 15.4. The highest BCUT2D eigenvalue weighted by Crippen LogP contribution is 2.30. The quantitative estimate of drug-likeness (QED) is 0.701. The number of nitrogens with one attached hydrogen (secondary N) is 1. The number of benzene rings is 3. The minimum absolute atomic E-state index is 0.129. The van der Waals surface area contributed by atoms with Crippen molar-refractivity contribution in [1.29, 1.82) is 0 Å². The highest BCUT2D eigenvalue weighted by Gasteiger charge is 2.12. The molecule has 3 aromatic carbocycles. The van der Waals surface area contributed by atoms with Gasteiger partial charge in [0.1, 0.15) is 24.7 Å². The van der Waals surface area contributed by atoms with Crippen molar-refractivity contribution in [1.82, 2.24) is 5.32 Å². The van der Waals surface area contributed by atoms with Crippen molar-refractivity contribution in [2.24, 2.45) is 0 Å². The van der Waals surface area contributed by atoms with Crippen molar-refractivity contribution < 1.29 is 19.0 Å². The number of rotatable bonds is 6. The van der Waals surface area contributed by atoms with Gasteiger partial charge in [-0.25, -0.2) is 0 Å². The van der Waals surface area contributed by atoms with E-state index in [9.17, 15) is 4.79 Å². The van der Waals surface area contributed by atoms with Gasteiger partial charge in [0.15, 0.2) is 11.5 Å². The zero-order valence-corrected chi connectivity index (χ0v) is 15.4. The average Bonchev–Trinajstić information content (AvgIpc) is 2.74. The summed E-state index contributed by atoms with van der Waals surface area (Å²) in [6.07, 6.45) is 0.711. The molecule has 0 bridgehead atoms. The molecule has 0 saturated carbocycles. The number of carbonyl (C=O) groups excluding carboxylic acids is 1. The van der Waals surface area contributed by atoms with E-state index in [1.54, 1.807) is 12.1 Å². The fraction of sp³-hybridized carbons (Fsp3) is 0.174. The Kier molecular flexibility index (Phi) is 5.43. The zero-order chi connectivity index (χ0) is 19.2. The van der Waals surface area contributed by atoms with Crippen molar-refractivity contribution in [3.63, 3.8) is 0 Å². The Morgan fingerprint density at radius 3 is 2.50 bits per heavy atom. The lowest BCUT2D eigenvalue weighted by Crippen LogP contribution is -2.25. The van der Waals surface area contributed by atoms with E-state index in [2.05, 4.69) is 5.32 Å². The predicted octanol–water partition coefficient (Wildman–Crippen LogP) is 4.22. The van der Waals surface area contributed by atoms with Crippen LogP contribution in [0.25, 0.3) is 0 Å². The fourth-order valence-corrected chi connectivity index (χ4v) is 2.99. The second kappa shape index (κ2) is 8.48. The van der Waals surface area contributed by atoms with Crippen LogP contribution in [0.4, 0.5) is 0 Å². The second-order valence-electron chi connectivity index (χ2n) is 6.43. The highest BCUT2D eigenvalue weighted by atomic mass is 16.6. The number of para-hydroxylation sites is 1. The van der Waals surface area contributed by atoms with E-state index >= 15 is 0 Å². The maximum atomic E-state index is 12.5. The minimum Gasteiger partial charge on any atom is -0.486 e. The van der Waals surface area contributed by atoms with Crippen LogP contribution in [0.15, 0.2) is 72.8 Å². The summed E-state index contributed by atoms with van der Waals surface area (Å²) in [5.41, 5.74) is 1.65. The number of carbonyl (C=O) groups is 1. The molecule has 0 spiro atoms. The van der Waals surface area contributed by atoms with Gasteiger partial charge in [-0.05, 0) is 54.4 Å². The van der Waals surface area contributed by atoms with Gasteiger partial charge in [-0.1, -0.05) is 30.3 Å². The molecule has 1 aliphatic rings. The van der Waals surface area contributed by atoms with Gasteiger partial charge in [-0.2, -0.15) is 0 Å². The van der Waals surface area contributed by atoms with Crippen LogP contribution in [0.2, 0.25) is 0 Å². The molecule has 0 aliphatic carbocycles. The molecule has 0 aromatic heterocycles. The molecule has 5 heteroatoms. The van der Waals surface area contributed by atoms with Crippen LogP contribution in [-0.4, -0.2) is 25.7 Å². The van der Waals surface area contributed by atoms with Crippen LogP contribution in [-0.2, 0) is 6.42 Å². The third-order valence-corrected chi connectivity index (χ3v) is 4.38. The van der Waals surface area contributed by atoms with Crippen LogP contribution in [0.5, 0.6) is 23.0 Å². The van der Waals surface area contributed by atoms with Crippen molar-refractivity contribution in [2.45, 2.75) is 6.42 Å². The second-order valence-corrected chi connectivity index (χ2v) is 6.43. The van der Waals surface area contributed by atoms with E-state index in [0.717, 1.165) is 22.8 Å². The number of fused-ring (bicyclic) bond motifs is 1. The van der Waals surface area contributed by atoms with Gasteiger partial charge in [0.2, 0.25) is 0 Å². The van der Waals surface area contributed by atoms with Crippen molar-refractivity contribution >= 4 is 5.91 Å². The lowest BCUT2D eigenvalue weighted by Gasteiger charge is -2.18. The van der Waals surface area contributed by atoms with Gasteiger partial charge in [0.25, 0.3) is 5.91 Å². The van der Waals surface area contributed by atoms with Crippen molar-refractivity contribution in [3.8, 4) is 23.0 Å². The van der Waals surface area contributed by atoms with E-state index in [1.165, 1.54) is 0 Å². The molecule has 0 atom stereocenters. The lowest BCUT2D eigenvalue weighted by atomic mass is 10.1. The topological polar surface area (TPSA) is 56.8 Å². The smallest absolute Gasteiger partial charge is 0.251 e. The van der Waals surface area contributed by atoms with E-state index in [-0.39, 0.29) is 5.91 Å². The summed E-state index contributed by atoms with van der Waals surface area (Å²) in [4.78, 5) is 12.5. The Bertz CT molecular complexity index is 956. The monoisotopic (exact) mass is 375 g/mol. The largest absolute Gasteiger partial charge is 0.486 e. The number of ether oxygens (including phenoxy) is 3. The first-order chi connectivity index (χ1) is 13.8. The van der Waals surface area contributed by atoms with Crippen LogP contribution >= 0.6 is 0 Å². The molecule has 1 aliphatic heterocycles. The van der Waals surface area contributed by atoms with Gasteiger partial charge in [0, 0.05) is 12.1 Å². The first-order valence-corrected chi connectivity index (χ1v) is 9.28. The molecule has 0 unspecified atom stereocenters. The molecule has 5 nitrogen and oxygen atoms in total. The van der Waals surface area contributed by atoms with E-state index in [0.29, 0.717) is 37.5 Å². The predicted molar refractivity (Wildman–Crippen MR) is 106 cm³/mol. The molecular formula is C23H21NO4. The normalized spacial score (nSPS) is 12.3. The molecule has 1 amide bonds. The van der Waals surface area contributed by atoms with Gasteiger partial charge in [-0.15, -0.1) is 0 Å². The first kappa shape index (κ1) is 17.9. The molecule has 0 fully saturated rings. The highest BCUT2D eigenvalue weighted by molar-refractivity contribution is 5.94. The summed E-state index contributed by atoms with van der Waals surface area (Å²) in [6.45, 7) is 1.67. The van der Waals surface area contributed by atoms with Crippen molar-refractivity contribution in [2.75, 3.05) is 19.8 Å². The molecule has 0 saturated heterocycles. The third-order valence-electron chi connectivity index (χ3n) is 4.38. The summed E-state index contributed by atoms with van der Waals surface area (Å²) in [6, 6.07) is 22.5. The molecule has 3 aromatic rings. The lowest BCUT2D eigenvalue weighted by molar-refractivity contribution is 0.0954. The SMILES string of the molecule is O=C(NCCc1ccc2c(c1)OCCO2)c1cccc(Oc2ccccc2)c1. The maximum Gasteiger partial charge on any atom is 0.251 e. The van der Waals surface area contributed by atoms with Crippen molar-refractivity contribution in [3.05, 3.63) is 83.9 Å². The number of amides is 1. The van der Waals surface area contributed by atoms with Crippen LogP contribution in [0, 0.1) is 0 Å². The fourth-order valence-electron chi connectivity index (χ4n) is 2.99. The Hall–Kier alpha value is -3.47.